The molecule has 1 amide bonds. The van der Waals surface area contributed by atoms with Crippen LogP contribution >= 0.6 is 0 Å². The third-order valence-electron chi connectivity index (χ3n) is 10.1. The molecule has 3 N–H and O–H groups in total. The number of hydrogen-bond acceptors (Lipinski definition) is 5. The molecule has 2 atom stereocenters. The van der Waals surface area contributed by atoms with Crippen LogP contribution in [-0.2, 0) is 14.3 Å². The first-order valence-electron chi connectivity index (χ1n) is 22.8. The first-order chi connectivity index (χ1) is 26.0. The molecular formula is C47H87NO5. The lowest BCUT2D eigenvalue weighted by molar-refractivity contribution is -0.143. The molecular weight excluding hydrogens is 659 g/mol. The van der Waals surface area contributed by atoms with Gasteiger partial charge in [-0.3, -0.25) is 9.59 Å². The van der Waals surface area contributed by atoms with E-state index in [-0.39, 0.29) is 18.5 Å². The second kappa shape index (κ2) is 42.8. The second-order valence-corrected chi connectivity index (χ2v) is 15.4. The van der Waals surface area contributed by atoms with Gasteiger partial charge in [-0.25, -0.2) is 0 Å². The van der Waals surface area contributed by atoms with E-state index in [4.69, 9.17) is 4.74 Å². The number of allylic oxidation sites excluding steroid dienone is 5. The van der Waals surface area contributed by atoms with Gasteiger partial charge in [-0.1, -0.05) is 166 Å². The monoisotopic (exact) mass is 746 g/mol. The maximum atomic E-state index is 12.3. The number of rotatable bonds is 41. The first kappa shape index (κ1) is 51.1. The van der Waals surface area contributed by atoms with Gasteiger partial charge in [-0.05, 0) is 83.5 Å². The van der Waals surface area contributed by atoms with Crippen LogP contribution in [-0.4, -0.2) is 47.4 Å². The lowest BCUT2D eigenvalue weighted by Crippen LogP contribution is -2.45. The fraction of sp³-hybridized carbons (Fsp3) is 0.830. The topological polar surface area (TPSA) is 95.9 Å². The van der Waals surface area contributed by atoms with Gasteiger partial charge in [-0.2, -0.15) is 0 Å². The Hall–Kier alpha value is -1.92. The molecule has 0 heterocycles. The molecule has 53 heavy (non-hydrogen) atoms. The van der Waals surface area contributed by atoms with Crippen molar-refractivity contribution in [3.8, 4) is 0 Å². The van der Waals surface area contributed by atoms with E-state index in [1.165, 1.54) is 116 Å². The average Bonchev–Trinajstić information content (AvgIpc) is 3.16. The maximum Gasteiger partial charge on any atom is 0.305 e. The molecule has 0 aliphatic carbocycles. The second-order valence-electron chi connectivity index (χ2n) is 15.4. The number of aliphatic hydroxyl groups excluding tert-OH is 2. The van der Waals surface area contributed by atoms with Crippen molar-refractivity contribution >= 4 is 11.9 Å². The van der Waals surface area contributed by atoms with Gasteiger partial charge < -0.3 is 20.3 Å². The number of nitrogens with one attached hydrogen (secondary N) is 1. The summed E-state index contributed by atoms with van der Waals surface area (Å²) in [6.45, 7) is 4.77. The molecule has 0 aliphatic heterocycles. The van der Waals surface area contributed by atoms with Crippen molar-refractivity contribution < 1.29 is 24.5 Å². The standard InChI is InChI=1S/C47H87NO5/c1-3-5-7-9-11-13-15-16-17-18-21-25-29-33-37-41-47(52)53-42-38-34-30-26-22-19-20-24-28-32-36-40-46(51)48-44(43-49)45(50)39-35-31-27-23-14-12-10-8-6-4-2/h16-17,22,26,35,39,44-45,49-50H,3-15,18-21,23-25,27-34,36-38,40-43H2,1-2H3,(H,48,51)/b17-16-,26-22-,39-35+. The van der Waals surface area contributed by atoms with Crippen molar-refractivity contribution in [1.82, 2.24) is 5.32 Å². The summed E-state index contributed by atoms with van der Waals surface area (Å²) in [5.41, 5.74) is 0. The summed E-state index contributed by atoms with van der Waals surface area (Å²) in [7, 11) is 0. The van der Waals surface area contributed by atoms with Crippen molar-refractivity contribution in [3.05, 3.63) is 36.5 Å². The van der Waals surface area contributed by atoms with E-state index in [0.29, 0.717) is 19.4 Å². The number of carbonyl (C=O) groups is 2. The molecule has 0 saturated carbocycles. The minimum Gasteiger partial charge on any atom is -0.466 e. The lowest BCUT2D eigenvalue weighted by Gasteiger charge is -2.20. The van der Waals surface area contributed by atoms with Gasteiger partial charge in [0.1, 0.15) is 0 Å². The van der Waals surface area contributed by atoms with Crippen LogP contribution < -0.4 is 5.32 Å². The van der Waals surface area contributed by atoms with Gasteiger partial charge >= 0.3 is 5.97 Å². The zero-order chi connectivity index (χ0) is 38.7. The summed E-state index contributed by atoms with van der Waals surface area (Å²) in [6, 6.07) is -0.647. The molecule has 6 nitrogen and oxygen atoms in total. The van der Waals surface area contributed by atoms with E-state index < -0.39 is 12.1 Å². The third kappa shape index (κ3) is 39.6. The van der Waals surface area contributed by atoms with Crippen LogP contribution in [0.2, 0.25) is 0 Å². The molecule has 0 radical (unpaired) electrons. The van der Waals surface area contributed by atoms with Crippen molar-refractivity contribution in [1.29, 1.82) is 0 Å². The smallest absolute Gasteiger partial charge is 0.305 e. The Morgan fingerprint density at radius 2 is 0.887 bits per heavy atom. The van der Waals surface area contributed by atoms with Crippen LogP contribution in [0, 0.1) is 0 Å². The number of esters is 1. The molecule has 0 spiro atoms. The molecule has 0 aliphatic rings. The number of hydrogen-bond donors (Lipinski definition) is 3. The Bertz CT molecular complexity index is 869. The molecule has 0 aromatic carbocycles. The molecule has 0 fully saturated rings. The highest BCUT2D eigenvalue weighted by atomic mass is 16.5. The Morgan fingerprint density at radius 1 is 0.509 bits per heavy atom. The normalized spacial score (nSPS) is 13.1. The predicted octanol–water partition coefficient (Wildman–Crippen LogP) is 12.9. The summed E-state index contributed by atoms with van der Waals surface area (Å²) in [4.78, 5) is 24.3. The van der Waals surface area contributed by atoms with E-state index in [0.717, 1.165) is 83.5 Å². The summed E-state index contributed by atoms with van der Waals surface area (Å²) in [5, 5.41) is 22.9. The molecule has 0 bridgehead atoms. The quantitative estimate of drug-likeness (QED) is 0.0329. The highest BCUT2D eigenvalue weighted by molar-refractivity contribution is 5.76. The first-order valence-corrected chi connectivity index (χ1v) is 22.8. The molecule has 0 aromatic rings. The maximum absolute atomic E-state index is 12.3. The number of amides is 1. The average molecular weight is 746 g/mol. The Labute approximate surface area is 328 Å². The summed E-state index contributed by atoms with van der Waals surface area (Å²) < 4.78 is 5.42. The number of carbonyl (C=O) groups excluding carboxylic acids is 2. The van der Waals surface area contributed by atoms with Gasteiger partial charge in [0.2, 0.25) is 5.91 Å². The van der Waals surface area contributed by atoms with Gasteiger partial charge in [0.25, 0.3) is 0 Å². The molecule has 0 rings (SSSR count). The lowest BCUT2D eigenvalue weighted by atomic mass is 10.1. The fourth-order valence-corrected chi connectivity index (χ4v) is 6.56. The summed E-state index contributed by atoms with van der Waals surface area (Å²) in [6.07, 6.45) is 49.9. The van der Waals surface area contributed by atoms with Crippen molar-refractivity contribution in [2.75, 3.05) is 13.2 Å². The Kier molecular flexibility index (Phi) is 41.3. The van der Waals surface area contributed by atoms with Gasteiger partial charge in [0.05, 0.1) is 25.4 Å². The van der Waals surface area contributed by atoms with E-state index >= 15 is 0 Å². The van der Waals surface area contributed by atoms with Gasteiger partial charge in [0, 0.05) is 12.8 Å². The van der Waals surface area contributed by atoms with E-state index in [1.807, 2.05) is 6.08 Å². The molecule has 0 saturated heterocycles. The molecule has 2 unspecified atom stereocenters. The predicted molar refractivity (Wildman–Crippen MR) is 227 cm³/mol. The minimum atomic E-state index is -0.861. The molecule has 310 valence electrons. The van der Waals surface area contributed by atoms with Gasteiger partial charge in [0.15, 0.2) is 0 Å². The highest BCUT2D eigenvalue weighted by Crippen LogP contribution is 2.13. The van der Waals surface area contributed by atoms with Crippen LogP contribution in [0.4, 0.5) is 0 Å². The molecule has 0 aromatic heterocycles. The number of ether oxygens (including phenoxy) is 1. The number of aliphatic hydroxyl groups is 2. The SMILES string of the molecule is CCCCCCCC/C=C\CCCCCCCC(=O)OCCCC/C=C\CCCCCCCC(=O)NC(CO)C(O)/C=C/CCCCCCCCCC. The minimum absolute atomic E-state index is 0.0424. The molecule has 6 heteroatoms. The largest absolute Gasteiger partial charge is 0.466 e. The van der Waals surface area contributed by atoms with Crippen molar-refractivity contribution in [2.24, 2.45) is 0 Å². The highest BCUT2D eigenvalue weighted by Gasteiger charge is 2.18. The van der Waals surface area contributed by atoms with Crippen LogP contribution in [0.25, 0.3) is 0 Å². The number of unbranched alkanes of at least 4 members (excludes halogenated alkanes) is 26. The Balaban J connectivity index is 3.55. The van der Waals surface area contributed by atoms with Crippen LogP contribution in [0.5, 0.6) is 0 Å². The van der Waals surface area contributed by atoms with Crippen LogP contribution in [0.15, 0.2) is 36.5 Å². The van der Waals surface area contributed by atoms with Crippen LogP contribution in [0.3, 0.4) is 0 Å². The third-order valence-corrected chi connectivity index (χ3v) is 10.1. The van der Waals surface area contributed by atoms with E-state index in [2.05, 4.69) is 43.5 Å². The Morgan fingerprint density at radius 3 is 1.34 bits per heavy atom. The van der Waals surface area contributed by atoms with Crippen LogP contribution in [0.1, 0.15) is 226 Å². The fourth-order valence-electron chi connectivity index (χ4n) is 6.56. The van der Waals surface area contributed by atoms with E-state index in [9.17, 15) is 19.8 Å². The van der Waals surface area contributed by atoms with Crippen molar-refractivity contribution in [2.45, 2.75) is 238 Å². The zero-order valence-electron chi connectivity index (χ0n) is 35.0. The van der Waals surface area contributed by atoms with Crippen molar-refractivity contribution in [3.63, 3.8) is 0 Å². The van der Waals surface area contributed by atoms with E-state index in [1.54, 1.807) is 6.08 Å². The zero-order valence-corrected chi connectivity index (χ0v) is 35.0. The van der Waals surface area contributed by atoms with Gasteiger partial charge in [-0.15, -0.1) is 0 Å². The summed E-state index contributed by atoms with van der Waals surface area (Å²) in [5.74, 6) is -0.144. The summed E-state index contributed by atoms with van der Waals surface area (Å²) >= 11 is 0.